The standard InChI is InChI=1S/C17H23FN2S/c1-4-7-14-15(11-19-10-5-2)21-17(20-14)13-9-6-8-12(3)16(13)18/h6,8-9,19H,4-5,7,10-11H2,1-3H3. The summed E-state index contributed by atoms with van der Waals surface area (Å²) < 4.78 is 14.3. The highest BCUT2D eigenvalue weighted by Gasteiger charge is 2.15. The number of benzene rings is 1. The zero-order valence-corrected chi connectivity index (χ0v) is 13.8. The molecule has 0 radical (unpaired) electrons. The van der Waals surface area contributed by atoms with Gasteiger partial charge >= 0.3 is 0 Å². The van der Waals surface area contributed by atoms with Crippen LogP contribution in [0, 0.1) is 12.7 Å². The number of hydrogen-bond donors (Lipinski definition) is 1. The molecule has 0 aliphatic rings. The highest BCUT2D eigenvalue weighted by Crippen LogP contribution is 2.31. The van der Waals surface area contributed by atoms with Crippen LogP contribution in [0.1, 0.15) is 42.8 Å². The summed E-state index contributed by atoms with van der Waals surface area (Å²) >= 11 is 1.61. The maximum absolute atomic E-state index is 14.3. The van der Waals surface area contributed by atoms with Crippen molar-refractivity contribution in [2.75, 3.05) is 6.54 Å². The van der Waals surface area contributed by atoms with Crippen LogP contribution < -0.4 is 5.32 Å². The minimum Gasteiger partial charge on any atom is -0.312 e. The molecule has 0 saturated carbocycles. The van der Waals surface area contributed by atoms with E-state index in [0.29, 0.717) is 11.1 Å². The van der Waals surface area contributed by atoms with Crippen molar-refractivity contribution in [3.8, 4) is 10.6 Å². The molecule has 0 fully saturated rings. The molecule has 0 bridgehead atoms. The van der Waals surface area contributed by atoms with Gasteiger partial charge in [-0.25, -0.2) is 9.37 Å². The van der Waals surface area contributed by atoms with Gasteiger partial charge in [-0.1, -0.05) is 32.4 Å². The molecule has 0 unspecified atom stereocenters. The molecule has 0 saturated heterocycles. The summed E-state index contributed by atoms with van der Waals surface area (Å²) in [5, 5.41) is 4.22. The lowest BCUT2D eigenvalue weighted by atomic mass is 10.1. The lowest BCUT2D eigenvalue weighted by Crippen LogP contribution is -2.13. The molecule has 1 aromatic carbocycles. The zero-order valence-electron chi connectivity index (χ0n) is 13.0. The molecule has 2 rings (SSSR count). The average molecular weight is 306 g/mol. The van der Waals surface area contributed by atoms with E-state index in [0.717, 1.165) is 43.1 Å². The molecule has 0 amide bonds. The Kier molecular flexibility index (Phi) is 5.88. The van der Waals surface area contributed by atoms with Crippen LogP contribution >= 0.6 is 11.3 Å². The first-order valence-corrected chi connectivity index (χ1v) is 8.43. The Morgan fingerprint density at radius 3 is 2.76 bits per heavy atom. The normalized spacial score (nSPS) is 11.0. The average Bonchev–Trinajstić information content (AvgIpc) is 2.86. The first kappa shape index (κ1) is 16.1. The summed E-state index contributed by atoms with van der Waals surface area (Å²) in [6.07, 6.45) is 3.12. The van der Waals surface area contributed by atoms with Gasteiger partial charge in [0, 0.05) is 17.0 Å². The molecule has 1 aromatic heterocycles. The van der Waals surface area contributed by atoms with E-state index in [1.165, 1.54) is 4.88 Å². The van der Waals surface area contributed by atoms with E-state index in [1.807, 2.05) is 12.1 Å². The first-order chi connectivity index (χ1) is 10.2. The zero-order chi connectivity index (χ0) is 15.2. The van der Waals surface area contributed by atoms with Gasteiger partial charge in [-0.15, -0.1) is 11.3 Å². The lowest BCUT2D eigenvalue weighted by molar-refractivity contribution is 0.622. The fourth-order valence-corrected chi connectivity index (χ4v) is 3.36. The molecule has 2 nitrogen and oxygen atoms in total. The first-order valence-electron chi connectivity index (χ1n) is 7.62. The lowest BCUT2D eigenvalue weighted by Gasteiger charge is -2.02. The predicted molar refractivity (Wildman–Crippen MR) is 88.2 cm³/mol. The molecule has 0 atom stereocenters. The van der Waals surface area contributed by atoms with E-state index in [4.69, 9.17) is 0 Å². The van der Waals surface area contributed by atoms with E-state index < -0.39 is 0 Å². The van der Waals surface area contributed by atoms with Crippen LogP contribution in [-0.4, -0.2) is 11.5 Å². The maximum Gasteiger partial charge on any atom is 0.136 e. The largest absolute Gasteiger partial charge is 0.312 e. The SMILES string of the molecule is CCCNCc1sc(-c2cccc(C)c2F)nc1CCC. The summed E-state index contributed by atoms with van der Waals surface area (Å²) in [5.41, 5.74) is 2.41. The summed E-state index contributed by atoms with van der Waals surface area (Å²) in [5.74, 6) is -0.151. The Bertz CT molecular complexity index is 592. The monoisotopic (exact) mass is 306 g/mol. The van der Waals surface area contributed by atoms with Gasteiger partial charge in [0.2, 0.25) is 0 Å². The third kappa shape index (κ3) is 3.89. The van der Waals surface area contributed by atoms with Gasteiger partial charge < -0.3 is 5.32 Å². The van der Waals surface area contributed by atoms with E-state index >= 15 is 0 Å². The Hall–Kier alpha value is -1.26. The summed E-state index contributed by atoms with van der Waals surface area (Å²) in [6, 6.07) is 5.51. The number of aromatic nitrogens is 1. The van der Waals surface area contributed by atoms with E-state index in [1.54, 1.807) is 24.3 Å². The van der Waals surface area contributed by atoms with Crippen molar-refractivity contribution in [3.05, 3.63) is 40.2 Å². The Balaban J connectivity index is 2.31. The van der Waals surface area contributed by atoms with E-state index in [9.17, 15) is 4.39 Å². The van der Waals surface area contributed by atoms with Crippen LogP contribution in [0.2, 0.25) is 0 Å². The number of thiazole rings is 1. The number of rotatable bonds is 7. The molecule has 0 aliphatic heterocycles. The summed E-state index contributed by atoms with van der Waals surface area (Å²) in [6.45, 7) is 7.92. The van der Waals surface area contributed by atoms with Crippen molar-refractivity contribution >= 4 is 11.3 Å². The second kappa shape index (κ2) is 7.66. The van der Waals surface area contributed by atoms with Gasteiger partial charge in [-0.3, -0.25) is 0 Å². The quantitative estimate of drug-likeness (QED) is 0.749. The molecule has 1 N–H and O–H groups in total. The number of aryl methyl sites for hydroxylation is 2. The topological polar surface area (TPSA) is 24.9 Å². The third-order valence-electron chi connectivity index (χ3n) is 3.40. The third-order valence-corrected chi connectivity index (χ3v) is 4.53. The minimum absolute atomic E-state index is 0.151. The van der Waals surface area contributed by atoms with E-state index in [-0.39, 0.29) is 5.82 Å². The van der Waals surface area contributed by atoms with Gasteiger partial charge in [0.15, 0.2) is 0 Å². The fraction of sp³-hybridized carbons (Fsp3) is 0.471. The van der Waals surface area contributed by atoms with Crippen LogP contribution in [0.15, 0.2) is 18.2 Å². The molecular formula is C17H23FN2S. The van der Waals surface area contributed by atoms with Crippen LogP contribution in [-0.2, 0) is 13.0 Å². The van der Waals surface area contributed by atoms with Gasteiger partial charge in [0.05, 0.1) is 5.69 Å². The van der Waals surface area contributed by atoms with Crippen LogP contribution in [0.3, 0.4) is 0 Å². The summed E-state index contributed by atoms with van der Waals surface area (Å²) in [7, 11) is 0. The highest BCUT2D eigenvalue weighted by atomic mass is 32.1. The van der Waals surface area contributed by atoms with Crippen molar-refractivity contribution < 1.29 is 4.39 Å². The molecule has 1 heterocycles. The molecule has 0 spiro atoms. The number of halogens is 1. The van der Waals surface area contributed by atoms with Crippen molar-refractivity contribution in [3.63, 3.8) is 0 Å². The summed E-state index contributed by atoms with van der Waals surface area (Å²) in [4.78, 5) is 5.93. The molecule has 4 heteroatoms. The predicted octanol–water partition coefficient (Wildman–Crippen LogP) is 4.71. The number of nitrogens with one attached hydrogen (secondary N) is 1. The Morgan fingerprint density at radius 1 is 1.24 bits per heavy atom. The smallest absolute Gasteiger partial charge is 0.136 e. The second-order valence-electron chi connectivity index (χ2n) is 5.25. The fourth-order valence-electron chi connectivity index (χ4n) is 2.26. The second-order valence-corrected chi connectivity index (χ2v) is 6.34. The van der Waals surface area contributed by atoms with Crippen molar-refractivity contribution in [2.24, 2.45) is 0 Å². The van der Waals surface area contributed by atoms with Crippen LogP contribution in [0.25, 0.3) is 10.6 Å². The maximum atomic E-state index is 14.3. The Morgan fingerprint density at radius 2 is 2.05 bits per heavy atom. The van der Waals surface area contributed by atoms with Gasteiger partial charge in [-0.05, 0) is 37.9 Å². The van der Waals surface area contributed by atoms with Crippen molar-refractivity contribution in [1.82, 2.24) is 10.3 Å². The molecule has 114 valence electrons. The van der Waals surface area contributed by atoms with Crippen molar-refractivity contribution in [2.45, 2.75) is 46.6 Å². The minimum atomic E-state index is -0.151. The van der Waals surface area contributed by atoms with Crippen LogP contribution in [0.4, 0.5) is 4.39 Å². The van der Waals surface area contributed by atoms with Gasteiger partial charge in [-0.2, -0.15) is 0 Å². The number of hydrogen-bond acceptors (Lipinski definition) is 3. The molecule has 0 aliphatic carbocycles. The highest BCUT2D eigenvalue weighted by molar-refractivity contribution is 7.15. The van der Waals surface area contributed by atoms with Gasteiger partial charge in [0.1, 0.15) is 10.8 Å². The molecule has 21 heavy (non-hydrogen) atoms. The molecular weight excluding hydrogens is 283 g/mol. The molecule has 2 aromatic rings. The van der Waals surface area contributed by atoms with Crippen LogP contribution in [0.5, 0.6) is 0 Å². The van der Waals surface area contributed by atoms with Gasteiger partial charge in [0.25, 0.3) is 0 Å². The van der Waals surface area contributed by atoms with E-state index in [2.05, 4.69) is 24.1 Å². The van der Waals surface area contributed by atoms with Crippen molar-refractivity contribution in [1.29, 1.82) is 0 Å². The Labute approximate surface area is 130 Å². The number of nitrogens with zero attached hydrogens (tertiary/aromatic N) is 1.